The maximum absolute atomic E-state index is 12.5. The zero-order valence-electron chi connectivity index (χ0n) is 14.9. The average molecular weight is 523 g/mol. The van der Waals surface area contributed by atoms with E-state index < -0.39 is 42.4 Å². The minimum absolute atomic E-state index is 0.196. The number of thioether (sulfide) groups is 1. The summed E-state index contributed by atoms with van der Waals surface area (Å²) in [6.45, 7) is -0.838. The number of halogens is 1. The van der Waals surface area contributed by atoms with Crippen LogP contribution in [0.15, 0.2) is 24.3 Å². The molecule has 0 radical (unpaired) electrons. The Morgan fingerprint density at radius 2 is 1.75 bits per heavy atom. The number of hydrogen-bond donors (Lipinski definition) is 4. The summed E-state index contributed by atoms with van der Waals surface area (Å²) in [5.41, 5.74) is 12.3. The SMILES string of the molecule is N[C@@H](CCC(=O)N(CC(=O)O)C(=O)[C@@H](N)CSCc1ccccc1I)C(=O)O. The minimum Gasteiger partial charge on any atom is -0.480 e. The summed E-state index contributed by atoms with van der Waals surface area (Å²) in [4.78, 5) is 47.0. The van der Waals surface area contributed by atoms with Gasteiger partial charge in [0.2, 0.25) is 11.8 Å². The molecule has 0 heterocycles. The molecule has 0 aliphatic rings. The maximum Gasteiger partial charge on any atom is 0.323 e. The molecule has 1 aromatic carbocycles. The molecule has 0 aromatic heterocycles. The van der Waals surface area contributed by atoms with E-state index in [9.17, 15) is 19.2 Å². The van der Waals surface area contributed by atoms with Crippen molar-refractivity contribution in [3.63, 3.8) is 0 Å². The van der Waals surface area contributed by atoms with Gasteiger partial charge in [-0.2, -0.15) is 11.8 Å². The smallest absolute Gasteiger partial charge is 0.323 e. The lowest BCUT2D eigenvalue weighted by atomic mass is 10.1. The third kappa shape index (κ3) is 8.12. The van der Waals surface area contributed by atoms with Gasteiger partial charge in [-0.1, -0.05) is 18.2 Å². The van der Waals surface area contributed by atoms with Gasteiger partial charge in [0, 0.05) is 21.5 Å². The lowest BCUT2D eigenvalue weighted by molar-refractivity contribution is -0.153. The summed E-state index contributed by atoms with van der Waals surface area (Å²) in [5, 5.41) is 17.7. The first-order valence-corrected chi connectivity index (χ1v) is 10.5. The second-order valence-electron chi connectivity index (χ2n) is 5.91. The Balaban J connectivity index is 2.66. The van der Waals surface area contributed by atoms with Gasteiger partial charge in [0.15, 0.2) is 0 Å². The first kappa shape index (κ1) is 24.3. The van der Waals surface area contributed by atoms with Crippen LogP contribution in [0.25, 0.3) is 0 Å². The molecule has 0 saturated carbocycles. The van der Waals surface area contributed by atoms with Crippen LogP contribution in [0.4, 0.5) is 0 Å². The van der Waals surface area contributed by atoms with Crippen molar-refractivity contribution in [2.75, 3.05) is 12.3 Å². The largest absolute Gasteiger partial charge is 0.480 e. The van der Waals surface area contributed by atoms with Gasteiger partial charge in [-0.25, -0.2) is 0 Å². The maximum atomic E-state index is 12.5. The fourth-order valence-electron chi connectivity index (χ4n) is 2.14. The van der Waals surface area contributed by atoms with Gasteiger partial charge < -0.3 is 21.7 Å². The summed E-state index contributed by atoms with van der Waals surface area (Å²) < 4.78 is 1.07. The average Bonchev–Trinajstić information content (AvgIpc) is 2.64. The Morgan fingerprint density at radius 3 is 2.32 bits per heavy atom. The zero-order valence-corrected chi connectivity index (χ0v) is 17.9. The van der Waals surface area contributed by atoms with Crippen molar-refractivity contribution in [3.8, 4) is 0 Å². The fraction of sp³-hybridized carbons (Fsp3) is 0.412. The molecule has 11 heteroatoms. The van der Waals surface area contributed by atoms with Crippen LogP contribution in [0.5, 0.6) is 0 Å². The highest BCUT2D eigenvalue weighted by Gasteiger charge is 2.29. The number of carboxylic acid groups (broad SMARTS) is 2. The van der Waals surface area contributed by atoms with E-state index in [0.717, 1.165) is 9.13 Å². The van der Waals surface area contributed by atoms with Crippen LogP contribution in [0.3, 0.4) is 0 Å². The lowest BCUT2D eigenvalue weighted by Crippen LogP contribution is -2.50. The second-order valence-corrected chi connectivity index (χ2v) is 8.10. The molecule has 0 saturated heterocycles. The molecule has 2 atom stereocenters. The van der Waals surface area contributed by atoms with E-state index in [1.54, 1.807) is 0 Å². The van der Waals surface area contributed by atoms with Gasteiger partial charge in [-0.05, 0) is 40.6 Å². The van der Waals surface area contributed by atoms with E-state index in [0.29, 0.717) is 10.7 Å². The lowest BCUT2D eigenvalue weighted by Gasteiger charge is -2.22. The number of aliphatic carboxylic acids is 2. The van der Waals surface area contributed by atoms with Crippen molar-refractivity contribution in [1.82, 2.24) is 4.90 Å². The topological polar surface area (TPSA) is 164 Å². The van der Waals surface area contributed by atoms with Crippen molar-refractivity contribution in [3.05, 3.63) is 33.4 Å². The fourth-order valence-corrected chi connectivity index (χ4v) is 3.97. The highest BCUT2D eigenvalue weighted by Crippen LogP contribution is 2.19. The summed E-state index contributed by atoms with van der Waals surface area (Å²) in [5.74, 6) is -3.48. The molecule has 0 spiro atoms. The number of benzene rings is 1. The van der Waals surface area contributed by atoms with E-state index in [1.165, 1.54) is 11.8 Å². The van der Waals surface area contributed by atoms with Crippen LogP contribution in [-0.2, 0) is 24.9 Å². The third-order valence-corrected chi connectivity index (χ3v) is 5.84. The predicted octanol–water partition coefficient (Wildman–Crippen LogP) is 0.484. The minimum atomic E-state index is -1.37. The number of nitrogens with two attached hydrogens (primary N) is 2. The molecule has 0 fully saturated rings. The van der Waals surface area contributed by atoms with E-state index >= 15 is 0 Å². The van der Waals surface area contributed by atoms with Gasteiger partial charge >= 0.3 is 11.9 Å². The molecule has 9 nitrogen and oxygen atoms in total. The van der Waals surface area contributed by atoms with Crippen LogP contribution in [0.2, 0.25) is 0 Å². The van der Waals surface area contributed by atoms with Crippen molar-refractivity contribution >= 4 is 58.1 Å². The zero-order chi connectivity index (χ0) is 21.3. The van der Waals surface area contributed by atoms with Crippen molar-refractivity contribution in [2.45, 2.75) is 30.7 Å². The van der Waals surface area contributed by atoms with Gasteiger partial charge in [0.25, 0.3) is 0 Å². The van der Waals surface area contributed by atoms with Crippen LogP contribution in [0, 0.1) is 3.57 Å². The Labute approximate surface area is 180 Å². The van der Waals surface area contributed by atoms with Gasteiger partial charge in [0.1, 0.15) is 12.6 Å². The Bertz CT molecular complexity index is 733. The summed E-state index contributed by atoms with van der Waals surface area (Å²) in [7, 11) is 0. The van der Waals surface area contributed by atoms with Crippen molar-refractivity contribution in [2.24, 2.45) is 11.5 Å². The Morgan fingerprint density at radius 1 is 1.11 bits per heavy atom. The highest BCUT2D eigenvalue weighted by molar-refractivity contribution is 14.1. The number of imide groups is 1. The second kappa shape index (κ2) is 12.0. The van der Waals surface area contributed by atoms with Crippen molar-refractivity contribution < 1.29 is 29.4 Å². The number of carboxylic acids is 2. The normalized spacial score (nSPS) is 12.8. The van der Waals surface area contributed by atoms with E-state index in [2.05, 4.69) is 22.6 Å². The molecule has 6 N–H and O–H groups in total. The molecule has 0 unspecified atom stereocenters. The molecular formula is C17H22IN3O6S. The number of carbonyl (C=O) groups is 4. The van der Waals surface area contributed by atoms with Crippen LogP contribution in [-0.4, -0.2) is 63.2 Å². The third-order valence-electron chi connectivity index (χ3n) is 3.68. The predicted molar refractivity (Wildman–Crippen MR) is 112 cm³/mol. The van der Waals surface area contributed by atoms with Gasteiger partial charge in [-0.3, -0.25) is 24.1 Å². The summed E-state index contributed by atoms with van der Waals surface area (Å²) >= 11 is 3.59. The quantitative estimate of drug-likeness (QED) is 0.302. The summed E-state index contributed by atoms with van der Waals surface area (Å²) in [6.07, 6.45) is -0.581. The Kier molecular flexibility index (Phi) is 10.4. The standard InChI is InChI=1S/C17H22IN3O6S/c18-11-4-2-1-3-10(11)8-28-9-13(20)16(25)21(7-15(23)24)14(22)6-5-12(19)17(26)27/h1-4,12-13H,5-9,19-20H2,(H,23,24)(H,26,27)/t12-,13-/m0/s1. The van der Waals surface area contributed by atoms with Crippen LogP contribution in [0.1, 0.15) is 18.4 Å². The number of carbonyl (C=O) groups excluding carboxylic acids is 2. The first-order chi connectivity index (χ1) is 13.1. The number of nitrogens with zero attached hydrogens (tertiary/aromatic N) is 1. The molecule has 0 bridgehead atoms. The van der Waals surface area contributed by atoms with E-state index in [1.807, 2.05) is 24.3 Å². The molecule has 2 amide bonds. The molecule has 154 valence electrons. The number of amides is 2. The van der Waals surface area contributed by atoms with Crippen LogP contribution < -0.4 is 11.5 Å². The van der Waals surface area contributed by atoms with Crippen molar-refractivity contribution in [1.29, 1.82) is 0 Å². The van der Waals surface area contributed by atoms with E-state index in [4.69, 9.17) is 21.7 Å². The molecule has 1 aromatic rings. The molecule has 0 aliphatic heterocycles. The molecule has 28 heavy (non-hydrogen) atoms. The van der Waals surface area contributed by atoms with Gasteiger partial charge in [0.05, 0.1) is 6.04 Å². The van der Waals surface area contributed by atoms with Gasteiger partial charge in [-0.15, -0.1) is 0 Å². The van der Waals surface area contributed by atoms with Crippen LogP contribution >= 0.6 is 34.4 Å². The van der Waals surface area contributed by atoms with E-state index in [-0.39, 0.29) is 18.6 Å². The first-order valence-electron chi connectivity index (χ1n) is 8.24. The number of rotatable bonds is 11. The Hall–Kier alpha value is -1.70. The summed E-state index contributed by atoms with van der Waals surface area (Å²) in [6, 6.07) is 5.38. The molecule has 1 rings (SSSR count). The molecular weight excluding hydrogens is 501 g/mol. The molecule has 0 aliphatic carbocycles. The number of hydrogen-bond acceptors (Lipinski definition) is 7. The monoisotopic (exact) mass is 523 g/mol. The highest BCUT2D eigenvalue weighted by atomic mass is 127.